The van der Waals surface area contributed by atoms with E-state index in [1.807, 2.05) is 6.92 Å². The Hall–Kier alpha value is -1.06. The Morgan fingerprint density at radius 2 is 0.757 bits per heavy atom. The van der Waals surface area contributed by atoms with E-state index in [-0.39, 0.29) is 11.9 Å². The minimum Gasteiger partial charge on any atom is -0.466 e. The van der Waals surface area contributed by atoms with Gasteiger partial charge in [-0.1, -0.05) is 155 Å². The molecule has 0 bridgehead atoms. The third kappa shape index (κ3) is 37.2. The van der Waals surface area contributed by atoms with E-state index in [0.29, 0.717) is 19.4 Å². The fraction of sp³-hybridized carbons (Fsp3) is 0.939. The van der Waals surface area contributed by atoms with Gasteiger partial charge in [-0.05, 0) is 19.8 Å². The summed E-state index contributed by atoms with van der Waals surface area (Å²) in [5, 5.41) is 2.65. The lowest BCUT2D eigenvalue weighted by atomic mass is 10.0. The number of nitrogens with one attached hydrogen (secondary N) is 1. The molecule has 37 heavy (non-hydrogen) atoms. The van der Waals surface area contributed by atoms with Gasteiger partial charge in [-0.25, -0.2) is 0 Å². The molecule has 0 aliphatic heterocycles. The molecule has 0 aromatic rings. The summed E-state index contributed by atoms with van der Waals surface area (Å²) < 4.78 is 4.92. The molecule has 0 aliphatic carbocycles. The van der Waals surface area contributed by atoms with Crippen LogP contribution in [0.3, 0.4) is 0 Å². The van der Waals surface area contributed by atoms with Crippen LogP contribution in [0.5, 0.6) is 0 Å². The van der Waals surface area contributed by atoms with Crippen LogP contribution >= 0.6 is 0 Å². The van der Waals surface area contributed by atoms with E-state index in [4.69, 9.17) is 4.74 Å². The van der Waals surface area contributed by atoms with Gasteiger partial charge in [0, 0.05) is 19.9 Å². The molecule has 0 radical (unpaired) electrons. The van der Waals surface area contributed by atoms with Crippen molar-refractivity contribution in [2.45, 2.75) is 188 Å². The number of rotatable bonds is 27. The summed E-state index contributed by atoms with van der Waals surface area (Å²) in [6.45, 7) is 6.90. The molecule has 4 nitrogen and oxygen atoms in total. The number of carbonyl (C=O) groups excluding carboxylic acids is 2. The molecule has 4 heteroatoms. The molecule has 222 valence electrons. The molecule has 0 saturated heterocycles. The van der Waals surface area contributed by atoms with Crippen molar-refractivity contribution in [1.82, 2.24) is 5.32 Å². The summed E-state index contributed by atoms with van der Waals surface area (Å²) in [6.07, 6.45) is 33.4. The lowest BCUT2D eigenvalue weighted by molar-refractivity contribution is -0.143. The largest absolute Gasteiger partial charge is 0.466 e. The standard InChI is InChI=1S/C20H40O2.C13H27NO/c1-3-5-6-7-8-9-10-11-12-13-14-15-16-17-18-19-20(21)22-4-2;1-3-4-5-6-7-8-9-10-11-12-13(15)14-2/h3-19H2,1-2H3;3-12H2,1-2H3,(H,14,15). The van der Waals surface area contributed by atoms with Gasteiger partial charge in [-0.2, -0.15) is 0 Å². The van der Waals surface area contributed by atoms with E-state index < -0.39 is 0 Å². The van der Waals surface area contributed by atoms with Gasteiger partial charge in [0.05, 0.1) is 6.61 Å². The highest BCUT2D eigenvalue weighted by molar-refractivity contribution is 5.75. The fourth-order valence-corrected chi connectivity index (χ4v) is 4.60. The molecule has 0 fully saturated rings. The SMILES string of the molecule is CCCCCCCCCCCC(=O)NC.CCCCCCCCCCCCCCCCCC(=O)OCC. The first-order valence-corrected chi connectivity index (χ1v) is 16.5. The predicted molar refractivity (Wildman–Crippen MR) is 162 cm³/mol. The zero-order valence-electron chi connectivity index (χ0n) is 25.8. The van der Waals surface area contributed by atoms with Gasteiger partial charge >= 0.3 is 5.97 Å². The minimum atomic E-state index is -0.0304. The smallest absolute Gasteiger partial charge is 0.305 e. The van der Waals surface area contributed by atoms with Crippen LogP contribution in [0.25, 0.3) is 0 Å². The maximum absolute atomic E-state index is 11.2. The first-order valence-electron chi connectivity index (χ1n) is 16.5. The molecule has 0 rings (SSSR count). The molecule has 1 N–H and O–H groups in total. The zero-order chi connectivity index (χ0) is 27.7. The number of amides is 1. The van der Waals surface area contributed by atoms with E-state index in [9.17, 15) is 9.59 Å². The third-order valence-corrected chi connectivity index (χ3v) is 7.08. The Balaban J connectivity index is 0. The van der Waals surface area contributed by atoms with Crippen LogP contribution in [-0.2, 0) is 14.3 Å². The molecular weight excluding hydrogens is 458 g/mol. The summed E-state index contributed by atoms with van der Waals surface area (Å²) in [4.78, 5) is 22.1. The second-order valence-corrected chi connectivity index (χ2v) is 10.8. The highest BCUT2D eigenvalue weighted by atomic mass is 16.5. The van der Waals surface area contributed by atoms with Gasteiger partial charge in [0.15, 0.2) is 0 Å². The van der Waals surface area contributed by atoms with Gasteiger partial charge in [0.25, 0.3) is 0 Å². The molecule has 0 aromatic carbocycles. The molecule has 1 amide bonds. The Labute approximate surface area is 232 Å². The van der Waals surface area contributed by atoms with Gasteiger partial charge < -0.3 is 10.1 Å². The lowest BCUT2D eigenvalue weighted by Crippen LogP contribution is -2.16. The molecule has 0 atom stereocenters. The fourth-order valence-electron chi connectivity index (χ4n) is 4.60. The Kier molecular flexibility index (Phi) is 36.0. The Morgan fingerprint density at radius 1 is 0.459 bits per heavy atom. The topological polar surface area (TPSA) is 55.4 Å². The van der Waals surface area contributed by atoms with Crippen LogP contribution in [0, 0.1) is 0 Å². The quantitative estimate of drug-likeness (QED) is 0.0857. The number of hydrogen-bond acceptors (Lipinski definition) is 3. The Morgan fingerprint density at radius 3 is 1.05 bits per heavy atom. The average Bonchev–Trinajstić information content (AvgIpc) is 2.90. The first-order chi connectivity index (χ1) is 18.1. The zero-order valence-corrected chi connectivity index (χ0v) is 25.8. The van der Waals surface area contributed by atoms with E-state index in [2.05, 4.69) is 19.2 Å². The van der Waals surface area contributed by atoms with Crippen LogP contribution in [0.15, 0.2) is 0 Å². The van der Waals surface area contributed by atoms with Crippen LogP contribution in [0.1, 0.15) is 188 Å². The molecular formula is C33H67NO3. The van der Waals surface area contributed by atoms with Crippen molar-refractivity contribution in [3.8, 4) is 0 Å². The van der Waals surface area contributed by atoms with Crippen molar-refractivity contribution in [1.29, 1.82) is 0 Å². The van der Waals surface area contributed by atoms with Crippen molar-refractivity contribution in [3.63, 3.8) is 0 Å². The second kappa shape index (κ2) is 34.9. The van der Waals surface area contributed by atoms with Crippen molar-refractivity contribution < 1.29 is 14.3 Å². The molecule has 0 aromatic heterocycles. The Bertz CT molecular complexity index is 453. The monoisotopic (exact) mass is 526 g/mol. The second-order valence-electron chi connectivity index (χ2n) is 10.8. The highest BCUT2D eigenvalue weighted by Crippen LogP contribution is 2.14. The number of carbonyl (C=O) groups is 2. The summed E-state index contributed by atoms with van der Waals surface area (Å²) in [5.74, 6) is 0.148. The van der Waals surface area contributed by atoms with Crippen LogP contribution in [0.2, 0.25) is 0 Å². The number of hydrogen-bond donors (Lipinski definition) is 1. The predicted octanol–water partition coefficient (Wildman–Crippen LogP) is 10.5. The van der Waals surface area contributed by atoms with Crippen LogP contribution < -0.4 is 5.32 Å². The maximum Gasteiger partial charge on any atom is 0.305 e. The third-order valence-electron chi connectivity index (χ3n) is 7.08. The van der Waals surface area contributed by atoms with Crippen LogP contribution in [-0.4, -0.2) is 25.5 Å². The van der Waals surface area contributed by atoms with Gasteiger partial charge in [-0.15, -0.1) is 0 Å². The summed E-state index contributed by atoms with van der Waals surface area (Å²) >= 11 is 0. The lowest BCUT2D eigenvalue weighted by Gasteiger charge is -2.03. The number of unbranched alkanes of at least 4 members (excludes halogenated alkanes) is 22. The van der Waals surface area contributed by atoms with Gasteiger partial charge in [0.2, 0.25) is 5.91 Å². The normalized spacial score (nSPS) is 10.6. The van der Waals surface area contributed by atoms with E-state index in [0.717, 1.165) is 12.8 Å². The minimum absolute atomic E-state index is 0.0304. The van der Waals surface area contributed by atoms with Crippen LogP contribution in [0.4, 0.5) is 0 Å². The molecule has 0 saturated carbocycles. The molecule has 0 spiro atoms. The number of esters is 1. The van der Waals surface area contributed by atoms with E-state index in [1.165, 1.54) is 141 Å². The van der Waals surface area contributed by atoms with E-state index >= 15 is 0 Å². The number of ether oxygens (including phenoxy) is 1. The molecule has 0 unspecified atom stereocenters. The summed E-state index contributed by atoms with van der Waals surface area (Å²) in [6, 6.07) is 0. The highest BCUT2D eigenvalue weighted by Gasteiger charge is 2.00. The van der Waals surface area contributed by atoms with Crippen molar-refractivity contribution >= 4 is 11.9 Å². The van der Waals surface area contributed by atoms with Crippen molar-refractivity contribution in [2.24, 2.45) is 0 Å². The maximum atomic E-state index is 11.2. The summed E-state index contributed by atoms with van der Waals surface area (Å²) in [7, 11) is 1.70. The van der Waals surface area contributed by atoms with Gasteiger partial charge in [-0.3, -0.25) is 9.59 Å². The van der Waals surface area contributed by atoms with Gasteiger partial charge in [0.1, 0.15) is 0 Å². The van der Waals surface area contributed by atoms with Crippen molar-refractivity contribution in [2.75, 3.05) is 13.7 Å². The molecule has 0 aliphatic rings. The first kappa shape index (κ1) is 38.1. The average molecular weight is 526 g/mol. The molecule has 0 heterocycles. The van der Waals surface area contributed by atoms with E-state index in [1.54, 1.807) is 7.05 Å². The van der Waals surface area contributed by atoms with Crippen molar-refractivity contribution in [3.05, 3.63) is 0 Å². The summed E-state index contributed by atoms with van der Waals surface area (Å²) in [5.41, 5.74) is 0.